The SMILES string of the molecule is CCOC(=O)C(=O)Nc1cc(C)n(Cc2ccc(Cl)cc2)n1. The van der Waals surface area contributed by atoms with E-state index in [0.717, 1.165) is 11.3 Å². The largest absolute Gasteiger partial charge is 0.459 e. The lowest BCUT2D eigenvalue weighted by molar-refractivity contribution is -0.152. The average molecular weight is 322 g/mol. The zero-order valence-electron chi connectivity index (χ0n) is 12.3. The molecule has 1 amide bonds. The number of benzene rings is 1. The van der Waals surface area contributed by atoms with Gasteiger partial charge in [0.2, 0.25) is 0 Å². The summed E-state index contributed by atoms with van der Waals surface area (Å²) in [5.41, 5.74) is 1.88. The second-order valence-corrected chi connectivity index (χ2v) is 5.07. The predicted molar refractivity (Wildman–Crippen MR) is 82.8 cm³/mol. The summed E-state index contributed by atoms with van der Waals surface area (Å²) in [7, 11) is 0. The Balaban J connectivity index is 2.06. The van der Waals surface area contributed by atoms with Crippen LogP contribution < -0.4 is 5.32 Å². The molecule has 0 spiro atoms. The fourth-order valence-corrected chi connectivity index (χ4v) is 1.98. The number of rotatable bonds is 4. The van der Waals surface area contributed by atoms with E-state index in [2.05, 4.69) is 15.2 Å². The smallest absolute Gasteiger partial charge is 0.397 e. The minimum absolute atomic E-state index is 0.149. The van der Waals surface area contributed by atoms with Crippen molar-refractivity contribution < 1.29 is 14.3 Å². The first kappa shape index (κ1) is 16.0. The number of aromatic nitrogens is 2. The van der Waals surface area contributed by atoms with Crippen LogP contribution in [0.1, 0.15) is 18.2 Å². The van der Waals surface area contributed by atoms with Gasteiger partial charge in [0, 0.05) is 16.8 Å². The second kappa shape index (κ2) is 7.09. The van der Waals surface area contributed by atoms with Crippen molar-refractivity contribution in [3.05, 3.63) is 46.6 Å². The van der Waals surface area contributed by atoms with E-state index in [0.29, 0.717) is 17.4 Å². The summed E-state index contributed by atoms with van der Waals surface area (Å²) in [6.45, 7) is 4.19. The van der Waals surface area contributed by atoms with Crippen LogP contribution in [0.5, 0.6) is 0 Å². The van der Waals surface area contributed by atoms with Gasteiger partial charge < -0.3 is 4.74 Å². The number of carbonyl (C=O) groups is 2. The summed E-state index contributed by atoms with van der Waals surface area (Å²) in [6.07, 6.45) is 0. The highest BCUT2D eigenvalue weighted by Gasteiger charge is 2.16. The molecule has 1 N–H and O–H groups in total. The summed E-state index contributed by atoms with van der Waals surface area (Å²) in [6, 6.07) is 9.10. The Bertz CT molecular complexity index is 680. The fourth-order valence-electron chi connectivity index (χ4n) is 1.86. The van der Waals surface area contributed by atoms with Crippen LogP contribution in [0.2, 0.25) is 5.02 Å². The normalized spacial score (nSPS) is 10.3. The van der Waals surface area contributed by atoms with Gasteiger partial charge in [-0.05, 0) is 31.5 Å². The zero-order valence-corrected chi connectivity index (χ0v) is 13.1. The Labute approximate surface area is 133 Å². The Morgan fingerprint density at radius 1 is 1.32 bits per heavy atom. The maximum atomic E-state index is 11.6. The van der Waals surface area contributed by atoms with E-state index >= 15 is 0 Å². The number of amides is 1. The molecule has 0 aliphatic rings. The molecule has 0 aliphatic heterocycles. The molecule has 0 saturated heterocycles. The first-order chi connectivity index (χ1) is 10.5. The van der Waals surface area contributed by atoms with Crippen LogP contribution in [-0.4, -0.2) is 28.3 Å². The number of anilines is 1. The van der Waals surface area contributed by atoms with Gasteiger partial charge in [0.1, 0.15) is 0 Å². The third-order valence-corrected chi connectivity index (χ3v) is 3.18. The number of nitrogens with zero attached hydrogens (tertiary/aromatic N) is 2. The quantitative estimate of drug-likeness (QED) is 0.693. The lowest BCUT2D eigenvalue weighted by Crippen LogP contribution is -2.25. The molecule has 22 heavy (non-hydrogen) atoms. The second-order valence-electron chi connectivity index (χ2n) is 4.63. The van der Waals surface area contributed by atoms with Crippen molar-refractivity contribution in [2.75, 3.05) is 11.9 Å². The van der Waals surface area contributed by atoms with Gasteiger partial charge in [-0.1, -0.05) is 23.7 Å². The summed E-state index contributed by atoms with van der Waals surface area (Å²) in [4.78, 5) is 22.8. The molecule has 0 atom stereocenters. The van der Waals surface area contributed by atoms with E-state index in [-0.39, 0.29) is 6.61 Å². The van der Waals surface area contributed by atoms with Crippen LogP contribution in [0.4, 0.5) is 5.82 Å². The fraction of sp³-hybridized carbons (Fsp3) is 0.267. The maximum Gasteiger partial charge on any atom is 0.397 e. The lowest BCUT2D eigenvalue weighted by atomic mass is 10.2. The average Bonchev–Trinajstić information content (AvgIpc) is 2.81. The molecule has 0 bridgehead atoms. The van der Waals surface area contributed by atoms with E-state index in [9.17, 15) is 9.59 Å². The highest BCUT2D eigenvalue weighted by atomic mass is 35.5. The summed E-state index contributed by atoms with van der Waals surface area (Å²) < 4.78 is 6.35. The van der Waals surface area contributed by atoms with E-state index in [1.807, 2.05) is 19.1 Å². The molecule has 1 heterocycles. The standard InChI is InChI=1S/C15H16ClN3O3/c1-3-22-15(21)14(20)17-13-8-10(2)19(18-13)9-11-4-6-12(16)7-5-11/h4-8H,3,9H2,1-2H3,(H,17,18,20). The molecule has 0 unspecified atom stereocenters. The Morgan fingerprint density at radius 2 is 2.00 bits per heavy atom. The van der Waals surface area contributed by atoms with Crippen LogP contribution in [0.15, 0.2) is 30.3 Å². The van der Waals surface area contributed by atoms with Crippen LogP contribution in [0.25, 0.3) is 0 Å². The first-order valence-electron chi connectivity index (χ1n) is 6.76. The molecule has 0 saturated carbocycles. The number of aryl methyl sites for hydroxylation is 1. The summed E-state index contributed by atoms with van der Waals surface area (Å²) in [5, 5.41) is 7.34. The molecule has 0 fully saturated rings. The van der Waals surface area contributed by atoms with E-state index in [4.69, 9.17) is 11.6 Å². The third-order valence-electron chi connectivity index (χ3n) is 2.93. The van der Waals surface area contributed by atoms with Gasteiger partial charge in [0.05, 0.1) is 13.2 Å². The number of hydrogen-bond donors (Lipinski definition) is 1. The Morgan fingerprint density at radius 3 is 2.64 bits per heavy atom. The molecular formula is C15H16ClN3O3. The zero-order chi connectivity index (χ0) is 16.1. The predicted octanol–water partition coefficient (Wildman–Crippen LogP) is 2.39. The number of carbonyl (C=O) groups excluding carboxylic acids is 2. The van der Waals surface area contributed by atoms with Gasteiger partial charge in [-0.2, -0.15) is 5.10 Å². The van der Waals surface area contributed by atoms with Gasteiger partial charge in [-0.25, -0.2) is 4.79 Å². The van der Waals surface area contributed by atoms with Crippen LogP contribution in [-0.2, 0) is 20.9 Å². The van der Waals surface area contributed by atoms with Crippen LogP contribution in [0, 0.1) is 6.92 Å². The minimum atomic E-state index is -0.924. The van der Waals surface area contributed by atoms with E-state index in [1.54, 1.807) is 29.8 Å². The molecule has 2 aromatic rings. The topological polar surface area (TPSA) is 73.2 Å². The molecule has 6 nitrogen and oxygen atoms in total. The number of nitrogens with one attached hydrogen (secondary N) is 1. The van der Waals surface area contributed by atoms with E-state index < -0.39 is 11.9 Å². The maximum absolute atomic E-state index is 11.6. The molecule has 0 radical (unpaired) electrons. The van der Waals surface area contributed by atoms with Crippen molar-refractivity contribution in [2.45, 2.75) is 20.4 Å². The molecule has 7 heteroatoms. The highest BCUT2D eigenvalue weighted by molar-refractivity contribution is 6.37. The Hall–Kier alpha value is -2.34. The molecule has 1 aromatic carbocycles. The molecule has 0 aliphatic carbocycles. The first-order valence-corrected chi connectivity index (χ1v) is 7.14. The molecule has 2 rings (SSSR count). The van der Waals surface area contributed by atoms with Gasteiger partial charge in [0.25, 0.3) is 0 Å². The van der Waals surface area contributed by atoms with Crippen molar-refractivity contribution in [3.63, 3.8) is 0 Å². The Kier molecular flexibility index (Phi) is 5.16. The number of ether oxygens (including phenoxy) is 1. The van der Waals surface area contributed by atoms with Gasteiger partial charge in [0.15, 0.2) is 5.82 Å². The van der Waals surface area contributed by atoms with Crippen molar-refractivity contribution in [3.8, 4) is 0 Å². The van der Waals surface area contributed by atoms with Crippen LogP contribution >= 0.6 is 11.6 Å². The van der Waals surface area contributed by atoms with Gasteiger partial charge in [-0.3, -0.25) is 14.8 Å². The van der Waals surface area contributed by atoms with Crippen LogP contribution in [0.3, 0.4) is 0 Å². The van der Waals surface area contributed by atoms with Gasteiger partial charge in [-0.15, -0.1) is 0 Å². The lowest BCUT2D eigenvalue weighted by Gasteiger charge is -2.04. The minimum Gasteiger partial charge on any atom is -0.459 e. The number of halogens is 1. The third kappa shape index (κ3) is 4.08. The van der Waals surface area contributed by atoms with Gasteiger partial charge >= 0.3 is 11.9 Å². The summed E-state index contributed by atoms with van der Waals surface area (Å²) >= 11 is 5.85. The number of esters is 1. The van der Waals surface area contributed by atoms with Crippen molar-refractivity contribution in [1.29, 1.82) is 0 Å². The van der Waals surface area contributed by atoms with Crippen molar-refractivity contribution >= 4 is 29.3 Å². The number of hydrogen-bond acceptors (Lipinski definition) is 4. The highest BCUT2D eigenvalue weighted by Crippen LogP contribution is 2.14. The van der Waals surface area contributed by atoms with E-state index in [1.165, 1.54) is 0 Å². The monoisotopic (exact) mass is 321 g/mol. The van der Waals surface area contributed by atoms with Crippen molar-refractivity contribution in [2.24, 2.45) is 0 Å². The van der Waals surface area contributed by atoms with Crippen molar-refractivity contribution in [1.82, 2.24) is 9.78 Å². The molecule has 116 valence electrons. The molecule has 1 aromatic heterocycles. The summed E-state index contributed by atoms with van der Waals surface area (Å²) in [5.74, 6) is -1.45. The molecular weight excluding hydrogens is 306 g/mol.